The van der Waals surface area contributed by atoms with Gasteiger partial charge in [-0.25, -0.2) is 0 Å². The summed E-state index contributed by atoms with van der Waals surface area (Å²) in [6, 6.07) is 10.1. The molecule has 1 N–H and O–H groups in total. The summed E-state index contributed by atoms with van der Waals surface area (Å²) in [6.45, 7) is 4.12. The number of anilines is 1. The van der Waals surface area contributed by atoms with Crippen molar-refractivity contribution in [3.8, 4) is 6.07 Å². The van der Waals surface area contributed by atoms with Crippen LogP contribution in [0, 0.1) is 18.3 Å². The van der Waals surface area contributed by atoms with Gasteiger partial charge >= 0.3 is 0 Å². The van der Waals surface area contributed by atoms with Gasteiger partial charge in [-0.3, -0.25) is 0 Å². The number of unbranched alkanes of at least 4 members (excludes halogenated alkanes) is 1. The molecule has 1 aromatic carbocycles. The van der Waals surface area contributed by atoms with Crippen molar-refractivity contribution in [2.24, 2.45) is 0 Å². The van der Waals surface area contributed by atoms with E-state index in [0.717, 1.165) is 24.1 Å². The average Bonchev–Trinajstić information content (AvgIpc) is 2.26. The van der Waals surface area contributed by atoms with Gasteiger partial charge in [0.25, 0.3) is 0 Å². The molecule has 1 rings (SSSR count). The van der Waals surface area contributed by atoms with Gasteiger partial charge < -0.3 is 5.32 Å². The highest BCUT2D eigenvalue weighted by atomic mass is 14.9. The van der Waals surface area contributed by atoms with E-state index >= 15 is 0 Å². The highest BCUT2D eigenvalue weighted by Gasteiger charge is 1.98. The molecule has 0 aliphatic heterocycles. The van der Waals surface area contributed by atoms with Crippen LogP contribution in [0.4, 0.5) is 5.69 Å². The predicted molar refractivity (Wildman–Crippen MR) is 63.4 cm³/mol. The van der Waals surface area contributed by atoms with Gasteiger partial charge in [-0.1, -0.05) is 31.5 Å². The third-order valence-corrected chi connectivity index (χ3v) is 2.17. The maximum Gasteiger partial charge on any atom is 0.117 e. The number of nitriles is 1. The molecule has 0 saturated heterocycles. The third kappa shape index (κ3) is 3.47. The molecule has 0 radical (unpaired) electrons. The minimum Gasteiger partial charge on any atom is -0.347 e. The number of allylic oxidation sites excluding steroid dienone is 2. The second-order valence-corrected chi connectivity index (χ2v) is 3.46. The van der Waals surface area contributed by atoms with E-state index < -0.39 is 0 Å². The molecule has 0 saturated carbocycles. The summed E-state index contributed by atoms with van der Waals surface area (Å²) in [5.74, 6) is 0. The zero-order valence-electron chi connectivity index (χ0n) is 9.25. The zero-order valence-corrected chi connectivity index (χ0v) is 9.25. The Labute approximate surface area is 91.2 Å². The van der Waals surface area contributed by atoms with Gasteiger partial charge in [-0.2, -0.15) is 5.26 Å². The molecule has 0 heterocycles. The van der Waals surface area contributed by atoms with Gasteiger partial charge in [0.05, 0.1) is 0 Å². The van der Waals surface area contributed by atoms with Gasteiger partial charge in [0, 0.05) is 5.69 Å². The summed E-state index contributed by atoms with van der Waals surface area (Å²) >= 11 is 0. The number of benzene rings is 1. The first-order valence-electron chi connectivity index (χ1n) is 5.20. The highest BCUT2D eigenvalue weighted by molar-refractivity contribution is 5.56. The lowest BCUT2D eigenvalue weighted by Gasteiger charge is -2.07. The van der Waals surface area contributed by atoms with Crippen molar-refractivity contribution in [2.75, 3.05) is 5.32 Å². The molecule has 0 fully saturated rings. The standard InChI is InChI=1S/C13H16N2/c1-3-4-8-12(10-14)15-13-9-6-5-7-11(13)2/h5-9,15H,3-4H2,1-2H3. The number of para-hydroxylation sites is 1. The minimum absolute atomic E-state index is 0.631. The first-order valence-corrected chi connectivity index (χ1v) is 5.20. The molecule has 0 amide bonds. The normalized spacial score (nSPS) is 10.9. The van der Waals surface area contributed by atoms with E-state index in [0.29, 0.717) is 5.70 Å². The van der Waals surface area contributed by atoms with Crippen LogP contribution in [0.2, 0.25) is 0 Å². The Morgan fingerprint density at radius 1 is 1.47 bits per heavy atom. The molecule has 0 aliphatic rings. The van der Waals surface area contributed by atoms with Crippen LogP contribution in [0.25, 0.3) is 0 Å². The van der Waals surface area contributed by atoms with Gasteiger partial charge in [0.15, 0.2) is 0 Å². The quantitative estimate of drug-likeness (QED) is 0.753. The largest absolute Gasteiger partial charge is 0.347 e. The molecule has 0 atom stereocenters. The first-order chi connectivity index (χ1) is 7.27. The Morgan fingerprint density at radius 2 is 2.20 bits per heavy atom. The Bertz CT molecular complexity index is 386. The summed E-state index contributed by atoms with van der Waals surface area (Å²) in [4.78, 5) is 0. The topological polar surface area (TPSA) is 35.8 Å². The monoisotopic (exact) mass is 200 g/mol. The molecular formula is C13H16N2. The summed E-state index contributed by atoms with van der Waals surface area (Å²) in [6.07, 6.45) is 3.93. The van der Waals surface area contributed by atoms with Gasteiger partial charge in [-0.15, -0.1) is 0 Å². The second kappa shape index (κ2) is 5.87. The smallest absolute Gasteiger partial charge is 0.117 e. The number of nitrogens with zero attached hydrogens (tertiary/aromatic N) is 1. The van der Waals surface area contributed by atoms with E-state index in [1.807, 2.05) is 37.3 Å². The maximum absolute atomic E-state index is 8.92. The number of hydrogen-bond acceptors (Lipinski definition) is 2. The molecule has 15 heavy (non-hydrogen) atoms. The second-order valence-electron chi connectivity index (χ2n) is 3.46. The Hall–Kier alpha value is -1.75. The van der Waals surface area contributed by atoms with Crippen molar-refractivity contribution >= 4 is 5.69 Å². The third-order valence-electron chi connectivity index (χ3n) is 2.17. The SMILES string of the molecule is CCCC=C(C#N)Nc1ccccc1C. The highest BCUT2D eigenvalue weighted by Crippen LogP contribution is 2.15. The van der Waals surface area contributed by atoms with Crippen LogP contribution in [-0.2, 0) is 0 Å². The van der Waals surface area contributed by atoms with Crippen LogP contribution in [0.3, 0.4) is 0 Å². The molecule has 0 unspecified atom stereocenters. The summed E-state index contributed by atoms with van der Waals surface area (Å²) in [5, 5.41) is 12.1. The van der Waals surface area contributed by atoms with Crippen LogP contribution < -0.4 is 5.32 Å². The lowest BCUT2D eigenvalue weighted by atomic mass is 10.2. The number of hydrogen-bond donors (Lipinski definition) is 1. The lowest BCUT2D eigenvalue weighted by Crippen LogP contribution is -1.98. The van der Waals surface area contributed by atoms with Crippen molar-refractivity contribution in [2.45, 2.75) is 26.7 Å². The molecule has 78 valence electrons. The van der Waals surface area contributed by atoms with Crippen LogP contribution in [0.5, 0.6) is 0 Å². The molecule has 1 aromatic rings. The van der Waals surface area contributed by atoms with E-state index in [9.17, 15) is 0 Å². The van der Waals surface area contributed by atoms with E-state index in [1.165, 1.54) is 0 Å². The number of rotatable bonds is 4. The fourth-order valence-corrected chi connectivity index (χ4v) is 1.27. The fourth-order valence-electron chi connectivity index (χ4n) is 1.27. The van der Waals surface area contributed by atoms with Crippen LogP contribution in [0.15, 0.2) is 36.0 Å². The van der Waals surface area contributed by atoms with Crippen molar-refractivity contribution in [1.82, 2.24) is 0 Å². The number of aryl methyl sites for hydroxylation is 1. The van der Waals surface area contributed by atoms with Crippen LogP contribution in [-0.4, -0.2) is 0 Å². The van der Waals surface area contributed by atoms with E-state index in [-0.39, 0.29) is 0 Å². The van der Waals surface area contributed by atoms with Crippen LogP contribution >= 0.6 is 0 Å². The van der Waals surface area contributed by atoms with Crippen molar-refractivity contribution in [3.05, 3.63) is 41.6 Å². The minimum atomic E-state index is 0.631. The molecule has 0 aliphatic carbocycles. The molecule has 2 heteroatoms. The number of nitrogens with one attached hydrogen (secondary N) is 1. The predicted octanol–water partition coefficient (Wildman–Crippen LogP) is 3.61. The van der Waals surface area contributed by atoms with Crippen molar-refractivity contribution in [1.29, 1.82) is 5.26 Å². The van der Waals surface area contributed by atoms with E-state index in [1.54, 1.807) is 0 Å². The van der Waals surface area contributed by atoms with Gasteiger partial charge in [0.2, 0.25) is 0 Å². The Kier molecular flexibility index (Phi) is 4.43. The summed E-state index contributed by atoms with van der Waals surface area (Å²) in [7, 11) is 0. The zero-order chi connectivity index (χ0) is 11.1. The van der Waals surface area contributed by atoms with Crippen molar-refractivity contribution in [3.63, 3.8) is 0 Å². The Morgan fingerprint density at radius 3 is 2.80 bits per heavy atom. The van der Waals surface area contributed by atoms with Crippen molar-refractivity contribution < 1.29 is 0 Å². The summed E-state index contributed by atoms with van der Waals surface area (Å²) < 4.78 is 0. The average molecular weight is 200 g/mol. The molecular weight excluding hydrogens is 184 g/mol. The summed E-state index contributed by atoms with van der Waals surface area (Å²) in [5.41, 5.74) is 2.78. The maximum atomic E-state index is 8.92. The van der Waals surface area contributed by atoms with Gasteiger partial charge in [-0.05, 0) is 31.1 Å². The Balaban J connectivity index is 2.77. The van der Waals surface area contributed by atoms with E-state index in [4.69, 9.17) is 5.26 Å². The molecule has 0 spiro atoms. The van der Waals surface area contributed by atoms with Crippen LogP contribution in [0.1, 0.15) is 25.3 Å². The van der Waals surface area contributed by atoms with Gasteiger partial charge in [0.1, 0.15) is 11.8 Å². The lowest BCUT2D eigenvalue weighted by molar-refractivity contribution is 0.953. The molecule has 0 bridgehead atoms. The van der Waals surface area contributed by atoms with E-state index in [2.05, 4.69) is 18.3 Å². The molecule has 2 nitrogen and oxygen atoms in total. The molecule has 0 aromatic heterocycles. The fraction of sp³-hybridized carbons (Fsp3) is 0.308. The first kappa shape index (κ1) is 11.3.